The largest absolute Gasteiger partial charge is 0.485 e. The molecule has 29 heavy (non-hydrogen) atoms. The number of nitrogens with one attached hydrogen (secondary N) is 1. The molecule has 0 saturated heterocycles. The minimum absolute atomic E-state index is 0.0274. The lowest BCUT2D eigenvalue weighted by Crippen LogP contribution is -2.40. The van der Waals surface area contributed by atoms with E-state index in [-0.39, 0.29) is 12.1 Å². The van der Waals surface area contributed by atoms with Gasteiger partial charge in [-0.2, -0.15) is 26.3 Å². The Balaban J connectivity index is 1.88. The van der Waals surface area contributed by atoms with Gasteiger partial charge >= 0.3 is 11.7 Å². The van der Waals surface area contributed by atoms with Crippen LogP contribution in [0.5, 0.6) is 0 Å². The molecule has 2 unspecified atom stereocenters. The molecule has 2 atom stereocenters. The Labute approximate surface area is 166 Å². The summed E-state index contributed by atoms with van der Waals surface area (Å²) in [4.78, 5) is 0. The van der Waals surface area contributed by atoms with Gasteiger partial charge in [-0.3, -0.25) is 0 Å². The van der Waals surface area contributed by atoms with E-state index in [4.69, 9.17) is 0 Å². The number of fused-ring (bicyclic) bond motifs is 1. The number of anilines is 1. The van der Waals surface area contributed by atoms with Gasteiger partial charge in [-0.25, -0.2) is 8.51 Å². The molecule has 0 aromatic heterocycles. The van der Waals surface area contributed by atoms with Gasteiger partial charge in [-0.1, -0.05) is 30.3 Å². The lowest BCUT2D eigenvalue weighted by Gasteiger charge is -2.24. The van der Waals surface area contributed by atoms with E-state index >= 15 is 0 Å². The summed E-state index contributed by atoms with van der Waals surface area (Å²) in [6, 6.07) is 11.7. The van der Waals surface area contributed by atoms with Crippen molar-refractivity contribution in [1.82, 2.24) is 4.31 Å². The van der Waals surface area contributed by atoms with Crippen LogP contribution >= 0.6 is 0 Å². The number of nitrogens with zero attached hydrogens (tertiary/aromatic N) is 1. The Morgan fingerprint density at radius 3 is 2.34 bits per heavy atom. The summed E-state index contributed by atoms with van der Waals surface area (Å²) in [6.45, 7) is -0.713. The quantitative estimate of drug-likeness (QED) is 0.675. The Bertz CT molecular complexity index is 869. The van der Waals surface area contributed by atoms with Gasteiger partial charge in [0.15, 0.2) is 0 Å². The molecule has 0 fully saturated rings. The zero-order valence-electron chi connectivity index (χ0n) is 15.1. The minimum Gasteiger partial charge on any atom is -0.381 e. The van der Waals surface area contributed by atoms with E-state index in [1.54, 1.807) is 0 Å². The van der Waals surface area contributed by atoms with Gasteiger partial charge in [-0.05, 0) is 42.2 Å². The molecule has 0 amide bonds. The monoisotopic (exact) mass is 436 g/mol. The van der Waals surface area contributed by atoms with Crippen LogP contribution in [-0.4, -0.2) is 26.6 Å². The first kappa shape index (κ1) is 21.6. The number of halogens is 6. The number of rotatable bonds is 4. The van der Waals surface area contributed by atoms with E-state index < -0.39 is 40.8 Å². The molecule has 1 aliphatic heterocycles. The number of aryl methyl sites for hydroxylation is 1. The second-order valence-electron chi connectivity index (χ2n) is 6.75. The zero-order chi connectivity index (χ0) is 21.2. The van der Waals surface area contributed by atoms with Gasteiger partial charge in [0.2, 0.25) is 11.0 Å². The molecule has 1 N–H and O–H groups in total. The Morgan fingerprint density at radius 1 is 1.03 bits per heavy atom. The molecular weight excluding hydrogens is 418 g/mol. The normalized spacial score (nSPS) is 19.2. The lowest BCUT2D eigenvalue weighted by atomic mass is 10.0. The third-order valence-electron chi connectivity index (χ3n) is 4.62. The van der Waals surface area contributed by atoms with Crippen LogP contribution in [0.3, 0.4) is 0 Å². The molecule has 1 aliphatic rings. The highest BCUT2D eigenvalue weighted by Crippen LogP contribution is 2.35. The van der Waals surface area contributed by atoms with Gasteiger partial charge in [0.25, 0.3) is 0 Å². The average Bonchev–Trinajstić information content (AvgIpc) is 2.83. The zero-order valence-corrected chi connectivity index (χ0v) is 15.9. The highest BCUT2D eigenvalue weighted by atomic mass is 32.2. The van der Waals surface area contributed by atoms with Crippen LogP contribution in [-0.2, 0) is 30.1 Å². The summed E-state index contributed by atoms with van der Waals surface area (Å²) < 4.78 is 90.8. The fourth-order valence-corrected chi connectivity index (χ4v) is 4.09. The number of hydrogen-bond acceptors (Lipinski definition) is 2. The SMILES string of the molecule is O=S(N1Cc2cc(C(F)(F)F)ccc2NC(CCc2ccccc2)C1)C(F)(F)F. The maximum absolute atomic E-state index is 13.0. The number of hydrogen-bond donors (Lipinski definition) is 1. The summed E-state index contributed by atoms with van der Waals surface area (Å²) in [5, 5.41) is 3.03. The van der Waals surface area contributed by atoms with Crippen molar-refractivity contribution in [1.29, 1.82) is 0 Å². The second kappa shape index (κ2) is 8.35. The van der Waals surface area contributed by atoms with E-state index in [9.17, 15) is 30.6 Å². The molecule has 0 bridgehead atoms. The first-order valence-corrected chi connectivity index (χ1v) is 9.89. The Kier molecular flexibility index (Phi) is 6.23. The maximum Gasteiger partial charge on any atom is 0.485 e. The number of benzene rings is 2. The molecule has 158 valence electrons. The summed E-state index contributed by atoms with van der Waals surface area (Å²) in [5.41, 5.74) is -4.62. The van der Waals surface area contributed by atoms with Crippen molar-refractivity contribution < 1.29 is 30.6 Å². The van der Waals surface area contributed by atoms with E-state index in [1.165, 1.54) is 6.07 Å². The third kappa shape index (κ3) is 5.51. The van der Waals surface area contributed by atoms with Gasteiger partial charge in [0.05, 0.1) is 5.56 Å². The van der Waals surface area contributed by atoms with Gasteiger partial charge in [0, 0.05) is 24.8 Å². The highest BCUT2D eigenvalue weighted by Gasteiger charge is 2.43. The van der Waals surface area contributed by atoms with Crippen molar-refractivity contribution in [2.45, 2.75) is 37.1 Å². The molecule has 2 aromatic rings. The van der Waals surface area contributed by atoms with Crippen molar-refractivity contribution in [3.05, 3.63) is 65.2 Å². The number of alkyl halides is 6. The minimum atomic E-state index is -4.99. The summed E-state index contributed by atoms with van der Waals surface area (Å²) in [6.07, 6.45) is -3.64. The molecule has 3 nitrogen and oxygen atoms in total. The summed E-state index contributed by atoms with van der Waals surface area (Å²) in [5.74, 6) is 0. The molecule has 0 aliphatic carbocycles. The average molecular weight is 436 g/mol. The van der Waals surface area contributed by atoms with Gasteiger partial charge < -0.3 is 5.32 Å². The smallest absolute Gasteiger partial charge is 0.381 e. The molecular formula is C19H18F6N2OS. The van der Waals surface area contributed by atoms with Crippen LogP contribution in [0, 0.1) is 0 Å². The van der Waals surface area contributed by atoms with Crippen LogP contribution in [0.1, 0.15) is 23.1 Å². The molecule has 10 heteroatoms. The fourth-order valence-electron chi connectivity index (χ4n) is 3.23. The topological polar surface area (TPSA) is 32.3 Å². The molecule has 0 saturated carbocycles. The van der Waals surface area contributed by atoms with Crippen molar-refractivity contribution in [2.75, 3.05) is 11.9 Å². The van der Waals surface area contributed by atoms with Crippen LogP contribution in [0.25, 0.3) is 0 Å². The molecule has 0 spiro atoms. The standard InChI is InChI=1S/C19H18F6N2OS/c20-18(21,22)15-7-9-17-14(10-15)11-27(29(28)19(23,24)25)12-16(26-17)8-6-13-4-2-1-3-5-13/h1-5,7,9-10,16,26H,6,8,11-12H2. The van der Waals surface area contributed by atoms with Gasteiger partial charge in [0.1, 0.15) is 0 Å². The first-order valence-electron chi connectivity index (χ1n) is 8.78. The molecule has 2 aromatic carbocycles. The predicted molar refractivity (Wildman–Crippen MR) is 98.2 cm³/mol. The van der Waals surface area contributed by atoms with Crippen molar-refractivity contribution in [2.24, 2.45) is 0 Å². The first-order chi connectivity index (χ1) is 13.5. The molecule has 0 radical (unpaired) electrons. The van der Waals surface area contributed by atoms with Crippen LogP contribution in [0.4, 0.5) is 32.0 Å². The third-order valence-corrected chi connectivity index (χ3v) is 5.76. The van der Waals surface area contributed by atoms with Crippen molar-refractivity contribution in [3.63, 3.8) is 0 Å². The predicted octanol–water partition coefficient (Wildman–Crippen LogP) is 5.12. The second-order valence-corrected chi connectivity index (χ2v) is 8.23. The Hall–Kier alpha value is -2.07. The maximum atomic E-state index is 13.0. The summed E-state index contributed by atoms with van der Waals surface area (Å²) in [7, 11) is -3.33. The van der Waals surface area contributed by atoms with Crippen molar-refractivity contribution in [3.8, 4) is 0 Å². The lowest BCUT2D eigenvalue weighted by molar-refractivity contribution is -0.137. The van der Waals surface area contributed by atoms with Gasteiger partial charge in [-0.15, -0.1) is 0 Å². The van der Waals surface area contributed by atoms with Crippen LogP contribution < -0.4 is 5.32 Å². The van der Waals surface area contributed by atoms with E-state index in [0.29, 0.717) is 22.8 Å². The highest BCUT2D eigenvalue weighted by molar-refractivity contribution is 7.83. The summed E-state index contributed by atoms with van der Waals surface area (Å²) >= 11 is 0. The fraction of sp³-hybridized carbons (Fsp3) is 0.368. The van der Waals surface area contributed by atoms with E-state index in [0.717, 1.165) is 17.7 Å². The molecule has 1 heterocycles. The van der Waals surface area contributed by atoms with Crippen molar-refractivity contribution >= 4 is 16.7 Å². The van der Waals surface area contributed by atoms with Crippen LogP contribution in [0.2, 0.25) is 0 Å². The Morgan fingerprint density at radius 2 is 1.72 bits per heavy atom. The van der Waals surface area contributed by atoms with Crippen LogP contribution in [0.15, 0.2) is 48.5 Å². The van der Waals surface area contributed by atoms with E-state index in [1.807, 2.05) is 30.3 Å². The molecule has 3 rings (SSSR count). The van der Waals surface area contributed by atoms with E-state index in [2.05, 4.69) is 5.32 Å².